The van der Waals surface area contributed by atoms with Gasteiger partial charge in [0.25, 0.3) is 0 Å². The molecule has 0 aliphatic rings. The molecule has 0 radical (unpaired) electrons. The first-order valence-corrected chi connectivity index (χ1v) is 5.07. The van der Waals surface area contributed by atoms with Crippen LogP contribution in [0.1, 0.15) is 30.4 Å². The molecular weight excluding hydrogens is 204 g/mol. The van der Waals surface area contributed by atoms with Crippen molar-refractivity contribution >= 4 is 5.97 Å². The molecule has 0 amide bonds. The van der Waals surface area contributed by atoms with Crippen LogP contribution >= 0.6 is 0 Å². The third-order valence-corrected chi connectivity index (χ3v) is 2.25. The Morgan fingerprint density at radius 1 is 1.38 bits per heavy atom. The summed E-state index contributed by atoms with van der Waals surface area (Å²) in [6, 6.07) is 7.11. The average molecular weight is 218 g/mol. The smallest absolute Gasteiger partial charge is 0.310 e. The highest BCUT2D eigenvalue weighted by molar-refractivity contribution is 5.75. The van der Waals surface area contributed by atoms with Crippen LogP contribution in [0.15, 0.2) is 24.3 Å². The monoisotopic (exact) mass is 218 g/mol. The summed E-state index contributed by atoms with van der Waals surface area (Å²) in [6.45, 7) is 1.70. The number of aliphatic carboxylic acids is 1. The predicted octanol–water partition coefficient (Wildman–Crippen LogP) is 1.61. The van der Waals surface area contributed by atoms with Crippen LogP contribution in [0, 0.1) is 11.8 Å². The quantitative estimate of drug-likeness (QED) is 0.758. The van der Waals surface area contributed by atoms with E-state index in [1.54, 1.807) is 31.2 Å². The van der Waals surface area contributed by atoms with Crippen LogP contribution in [-0.2, 0) is 4.79 Å². The molecule has 1 unspecified atom stereocenters. The Labute approximate surface area is 94.7 Å². The first-order chi connectivity index (χ1) is 7.65. The van der Waals surface area contributed by atoms with Crippen LogP contribution in [0.3, 0.4) is 0 Å². The zero-order valence-corrected chi connectivity index (χ0v) is 9.10. The van der Waals surface area contributed by atoms with Crippen molar-refractivity contribution in [3.8, 4) is 11.8 Å². The predicted molar refractivity (Wildman–Crippen MR) is 61.1 cm³/mol. The Morgan fingerprint density at radius 3 is 2.50 bits per heavy atom. The van der Waals surface area contributed by atoms with Gasteiger partial charge in [-0.1, -0.05) is 24.0 Å². The van der Waals surface area contributed by atoms with E-state index in [4.69, 9.17) is 10.2 Å². The summed E-state index contributed by atoms with van der Waals surface area (Å²) < 4.78 is 0. The van der Waals surface area contributed by atoms with E-state index in [0.29, 0.717) is 6.42 Å². The normalized spacial score (nSPS) is 11.4. The van der Waals surface area contributed by atoms with Crippen LogP contribution in [0.4, 0.5) is 0 Å². The van der Waals surface area contributed by atoms with Crippen LogP contribution < -0.4 is 0 Å². The van der Waals surface area contributed by atoms with Gasteiger partial charge >= 0.3 is 5.97 Å². The van der Waals surface area contributed by atoms with Crippen molar-refractivity contribution in [2.24, 2.45) is 0 Å². The minimum Gasteiger partial charge on any atom is -0.481 e. The second kappa shape index (κ2) is 5.94. The van der Waals surface area contributed by atoms with Gasteiger partial charge in [0, 0.05) is 12.0 Å². The standard InChI is InChI=1S/C13H14O3/c1-10(13(15)16)12-7-5-11(6-8-12)4-2-3-9-14/h5-8,10,14H,3,9H2,1H3,(H,15,16). The summed E-state index contributed by atoms with van der Waals surface area (Å²) >= 11 is 0. The molecule has 0 spiro atoms. The lowest BCUT2D eigenvalue weighted by molar-refractivity contribution is -0.138. The Hall–Kier alpha value is -1.79. The molecule has 3 nitrogen and oxygen atoms in total. The van der Waals surface area contributed by atoms with Crippen molar-refractivity contribution in [2.75, 3.05) is 6.61 Å². The molecule has 2 N–H and O–H groups in total. The molecule has 16 heavy (non-hydrogen) atoms. The summed E-state index contributed by atoms with van der Waals surface area (Å²) in [7, 11) is 0. The average Bonchev–Trinajstić information content (AvgIpc) is 2.29. The van der Waals surface area contributed by atoms with Crippen molar-refractivity contribution in [3.05, 3.63) is 35.4 Å². The van der Waals surface area contributed by atoms with Crippen molar-refractivity contribution in [1.29, 1.82) is 0 Å². The zero-order chi connectivity index (χ0) is 12.0. The van der Waals surface area contributed by atoms with E-state index < -0.39 is 11.9 Å². The Kier molecular flexibility index (Phi) is 4.56. The van der Waals surface area contributed by atoms with E-state index in [2.05, 4.69) is 11.8 Å². The summed E-state index contributed by atoms with van der Waals surface area (Å²) in [5, 5.41) is 17.4. The van der Waals surface area contributed by atoms with Crippen molar-refractivity contribution in [3.63, 3.8) is 0 Å². The Morgan fingerprint density at radius 2 is 2.00 bits per heavy atom. The van der Waals surface area contributed by atoms with Crippen molar-refractivity contribution in [2.45, 2.75) is 19.3 Å². The van der Waals surface area contributed by atoms with Crippen molar-refractivity contribution < 1.29 is 15.0 Å². The number of carboxylic acids is 1. The fourth-order valence-electron chi connectivity index (χ4n) is 1.22. The number of rotatable bonds is 3. The molecule has 0 aromatic heterocycles. The van der Waals surface area contributed by atoms with Crippen LogP contribution in [-0.4, -0.2) is 22.8 Å². The van der Waals surface area contributed by atoms with Gasteiger partial charge in [-0.25, -0.2) is 0 Å². The van der Waals surface area contributed by atoms with E-state index >= 15 is 0 Å². The molecule has 3 heteroatoms. The fraction of sp³-hybridized carbons (Fsp3) is 0.308. The summed E-state index contributed by atoms with van der Waals surface area (Å²) in [5.41, 5.74) is 1.59. The van der Waals surface area contributed by atoms with Gasteiger partial charge in [-0.2, -0.15) is 0 Å². The fourth-order valence-corrected chi connectivity index (χ4v) is 1.22. The van der Waals surface area contributed by atoms with Crippen molar-refractivity contribution in [1.82, 2.24) is 0 Å². The molecule has 0 aliphatic carbocycles. The first kappa shape index (κ1) is 12.3. The summed E-state index contributed by atoms with van der Waals surface area (Å²) in [5.74, 6) is 4.36. The highest BCUT2D eigenvalue weighted by Gasteiger charge is 2.12. The Bertz CT molecular complexity index is 409. The molecule has 1 atom stereocenters. The zero-order valence-electron chi connectivity index (χ0n) is 9.10. The highest BCUT2D eigenvalue weighted by Crippen LogP contribution is 2.15. The maximum Gasteiger partial charge on any atom is 0.310 e. The minimum atomic E-state index is -0.834. The van der Waals surface area contributed by atoms with E-state index in [1.807, 2.05) is 0 Å². The maximum absolute atomic E-state index is 10.7. The maximum atomic E-state index is 10.7. The molecule has 1 aromatic rings. The molecule has 0 saturated heterocycles. The number of hydrogen-bond donors (Lipinski definition) is 2. The molecule has 84 valence electrons. The molecule has 1 aromatic carbocycles. The SMILES string of the molecule is CC(C(=O)O)c1ccc(C#CCCO)cc1. The third kappa shape index (κ3) is 3.41. The van der Waals surface area contributed by atoms with Gasteiger partial charge in [0.1, 0.15) is 0 Å². The molecule has 0 saturated carbocycles. The molecular formula is C13H14O3. The van der Waals surface area contributed by atoms with Crippen LogP contribution in [0.25, 0.3) is 0 Å². The van der Waals surface area contributed by atoms with E-state index in [0.717, 1.165) is 11.1 Å². The van der Waals surface area contributed by atoms with Gasteiger partial charge in [-0.15, -0.1) is 0 Å². The number of carbonyl (C=O) groups is 1. The molecule has 0 fully saturated rings. The van der Waals surface area contributed by atoms with Gasteiger partial charge in [0.2, 0.25) is 0 Å². The number of benzene rings is 1. The second-order valence-electron chi connectivity index (χ2n) is 3.46. The lowest BCUT2D eigenvalue weighted by atomic mass is 10.0. The van der Waals surface area contributed by atoms with E-state index in [9.17, 15) is 4.79 Å². The molecule has 0 aliphatic heterocycles. The van der Waals surface area contributed by atoms with E-state index in [-0.39, 0.29) is 6.61 Å². The number of hydrogen-bond acceptors (Lipinski definition) is 2. The minimum absolute atomic E-state index is 0.0567. The highest BCUT2D eigenvalue weighted by atomic mass is 16.4. The lowest BCUT2D eigenvalue weighted by Gasteiger charge is -2.05. The number of aliphatic hydroxyl groups is 1. The number of carboxylic acid groups (broad SMARTS) is 1. The molecule has 0 bridgehead atoms. The topological polar surface area (TPSA) is 57.5 Å². The number of aliphatic hydroxyl groups excluding tert-OH is 1. The van der Waals surface area contributed by atoms with Gasteiger partial charge in [-0.3, -0.25) is 4.79 Å². The van der Waals surface area contributed by atoms with Gasteiger partial charge in [0.15, 0.2) is 0 Å². The summed E-state index contributed by atoms with van der Waals surface area (Å²) in [4.78, 5) is 10.7. The summed E-state index contributed by atoms with van der Waals surface area (Å²) in [6.07, 6.45) is 0.452. The third-order valence-electron chi connectivity index (χ3n) is 2.25. The second-order valence-corrected chi connectivity index (χ2v) is 3.46. The van der Waals surface area contributed by atoms with E-state index in [1.165, 1.54) is 0 Å². The van der Waals surface area contributed by atoms with Gasteiger partial charge < -0.3 is 10.2 Å². The lowest BCUT2D eigenvalue weighted by Crippen LogP contribution is -2.06. The van der Waals surface area contributed by atoms with Crippen LogP contribution in [0.2, 0.25) is 0 Å². The Balaban J connectivity index is 2.76. The molecule has 0 heterocycles. The van der Waals surface area contributed by atoms with Gasteiger partial charge in [-0.05, 0) is 24.6 Å². The van der Waals surface area contributed by atoms with Gasteiger partial charge in [0.05, 0.1) is 12.5 Å². The first-order valence-electron chi connectivity index (χ1n) is 5.07. The largest absolute Gasteiger partial charge is 0.481 e. The molecule has 1 rings (SSSR count). The van der Waals surface area contributed by atoms with Crippen LogP contribution in [0.5, 0.6) is 0 Å².